The number of hydrogen-bond acceptors (Lipinski definition) is 8. The highest BCUT2D eigenvalue weighted by atomic mass is 16.6. The molecule has 2 aromatic rings. The minimum Gasteiger partial charge on any atom is -0.426 e. The second kappa shape index (κ2) is 13.2. The molecule has 0 fully saturated rings. The van der Waals surface area contributed by atoms with E-state index in [4.69, 9.17) is 30.4 Å². The van der Waals surface area contributed by atoms with Gasteiger partial charge in [-0.15, -0.1) is 0 Å². The average Bonchev–Trinajstić information content (AvgIpc) is 2.69. The lowest BCUT2D eigenvalue weighted by Crippen LogP contribution is -2.17. The van der Waals surface area contributed by atoms with E-state index in [0.717, 1.165) is 19.3 Å². The number of benzene rings is 2. The molecule has 0 atom stereocenters. The molecule has 0 amide bonds. The number of hydrogen-bond donors (Lipinski definition) is 2. The molecule has 2 rings (SSSR count). The first-order chi connectivity index (χ1) is 14.5. The first-order valence-electron chi connectivity index (χ1n) is 9.81. The first-order valence-corrected chi connectivity index (χ1v) is 9.81. The maximum absolute atomic E-state index is 11.8. The summed E-state index contributed by atoms with van der Waals surface area (Å²) in [7, 11) is 0. The number of rotatable bonds is 13. The summed E-state index contributed by atoms with van der Waals surface area (Å²) < 4.78 is 21.0. The van der Waals surface area contributed by atoms with E-state index in [-0.39, 0.29) is 12.6 Å². The molecule has 4 N–H and O–H groups in total. The van der Waals surface area contributed by atoms with Crippen LogP contribution >= 0.6 is 0 Å². The fourth-order valence-corrected chi connectivity index (χ4v) is 2.53. The zero-order chi connectivity index (χ0) is 21.6. The van der Waals surface area contributed by atoms with Gasteiger partial charge >= 0.3 is 11.9 Å². The SMILES string of the molecule is Nc1cccc(OC(=O)CCCCCOCCOCC(=O)Oc2cccc(N)c2)c1. The Hall–Kier alpha value is -3.10. The van der Waals surface area contributed by atoms with Crippen LogP contribution in [-0.4, -0.2) is 38.4 Å². The van der Waals surface area contributed by atoms with Crippen LogP contribution in [0.4, 0.5) is 11.4 Å². The van der Waals surface area contributed by atoms with Crippen LogP contribution in [0.3, 0.4) is 0 Å². The summed E-state index contributed by atoms with van der Waals surface area (Å²) in [4.78, 5) is 23.4. The van der Waals surface area contributed by atoms with Crippen LogP contribution in [0.25, 0.3) is 0 Å². The monoisotopic (exact) mass is 416 g/mol. The summed E-state index contributed by atoms with van der Waals surface area (Å²) in [5.41, 5.74) is 12.3. The molecule has 8 heteroatoms. The molecule has 0 saturated heterocycles. The van der Waals surface area contributed by atoms with Crippen molar-refractivity contribution in [1.29, 1.82) is 0 Å². The van der Waals surface area contributed by atoms with Crippen LogP contribution in [0.15, 0.2) is 48.5 Å². The molecule has 0 aliphatic carbocycles. The van der Waals surface area contributed by atoms with Crippen molar-refractivity contribution in [2.24, 2.45) is 0 Å². The number of ether oxygens (including phenoxy) is 4. The molecule has 0 aromatic heterocycles. The Labute approximate surface area is 176 Å². The van der Waals surface area contributed by atoms with Crippen molar-refractivity contribution < 1.29 is 28.5 Å². The standard InChI is InChI=1S/C22H28N2O6/c23-17-6-4-8-19(14-17)29-21(25)10-2-1-3-11-27-12-13-28-16-22(26)30-20-9-5-7-18(24)15-20/h4-9,14-15H,1-3,10-13,16,23-24H2. The first kappa shape index (κ1) is 23.2. The van der Waals surface area contributed by atoms with E-state index in [2.05, 4.69) is 0 Å². The molecular formula is C22H28N2O6. The Morgan fingerprint density at radius 2 is 1.30 bits per heavy atom. The summed E-state index contributed by atoms with van der Waals surface area (Å²) in [6.07, 6.45) is 2.73. The second-order valence-corrected chi connectivity index (χ2v) is 6.57. The van der Waals surface area contributed by atoms with Gasteiger partial charge in [-0.05, 0) is 37.1 Å². The third-order valence-electron chi connectivity index (χ3n) is 3.94. The Morgan fingerprint density at radius 3 is 1.93 bits per heavy atom. The minimum absolute atomic E-state index is 0.159. The minimum atomic E-state index is -0.495. The molecular weight excluding hydrogens is 388 g/mol. The van der Waals surface area contributed by atoms with Crippen molar-refractivity contribution in [3.05, 3.63) is 48.5 Å². The quantitative estimate of drug-likeness (QED) is 0.221. The molecule has 2 aromatic carbocycles. The van der Waals surface area contributed by atoms with Crippen LogP contribution in [0.5, 0.6) is 11.5 Å². The van der Waals surface area contributed by atoms with Gasteiger partial charge in [-0.25, -0.2) is 4.79 Å². The predicted molar refractivity (Wildman–Crippen MR) is 113 cm³/mol. The molecule has 0 saturated carbocycles. The maximum atomic E-state index is 11.8. The number of esters is 2. The van der Waals surface area contributed by atoms with E-state index < -0.39 is 5.97 Å². The predicted octanol–water partition coefficient (Wildman–Crippen LogP) is 2.96. The van der Waals surface area contributed by atoms with Gasteiger partial charge in [-0.3, -0.25) is 4.79 Å². The number of unbranched alkanes of at least 4 members (excludes halogenated alkanes) is 2. The Bertz CT molecular complexity index is 744. The van der Waals surface area contributed by atoms with Crippen molar-refractivity contribution >= 4 is 23.3 Å². The summed E-state index contributed by atoms with van der Waals surface area (Å²) >= 11 is 0. The summed E-state index contributed by atoms with van der Waals surface area (Å²) in [5.74, 6) is 0.0717. The highest BCUT2D eigenvalue weighted by Crippen LogP contribution is 2.16. The van der Waals surface area contributed by atoms with Crippen LogP contribution in [0, 0.1) is 0 Å². The van der Waals surface area contributed by atoms with Crippen molar-refractivity contribution in [1.82, 2.24) is 0 Å². The van der Waals surface area contributed by atoms with Gasteiger partial charge in [-0.2, -0.15) is 0 Å². The van der Waals surface area contributed by atoms with Crippen LogP contribution in [0.2, 0.25) is 0 Å². The van der Waals surface area contributed by atoms with E-state index >= 15 is 0 Å². The van der Waals surface area contributed by atoms with E-state index in [0.29, 0.717) is 49.1 Å². The third-order valence-corrected chi connectivity index (χ3v) is 3.94. The normalized spacial score (nSPS) is 10.5. The van der Waals surface area contributed by atoms with Gasteiger partial charge in [0.15, 0.2) is 0 Å². The van der Waals surface area contributed by atoms with Gasteiger partial charge in [0, 0.05) is 36.5 Å². The molecule has 0 aliphatic rings. The van der Waals surface area contributed by atoms with Crippen LogP contribution < -0.4 is 20.9 Å². The van der Waals surface area contributed by atoms with E-state index in [9.17, 15) is 9.59 Å². The molecule has 0 bridgehead atoms. The summed E-state index contributed by atoms with van der Waals surface area (Å²) in [6.45, 7) is 1.07. The smallest absolute Gasteiger partial charge is 0.337 e. The second-order valence-electron chi connectivity index (χ2n) is 6.57. The molecule has 0 radical (unpaired) electrons. The fourth-order valence-electron chi connectivity index (χ4n) is 2.53. The van der Waals surface area contributed by atoms with Crippen molar-refractivity contribution in [2.75, 3.05) is 37.9 Å². The summed E-state index contributed by atoms with van der Waals surface area (Å²) in [6, 6.07) is 13.4. The molecule has 0 unspecified atom stereocenters. The van der Waals surface area contributed by atoms with Gasteiger partial charge in [0.25, 0.3) is 0 Å². The average molecular weight is 416 g/mol. The van der Waals surface area contributed by atoms with Gasteiger partial charge in [-0.1, -0.05) is 18.6 Å². The van der Waals surface area contributed by atoms with Crippen molar-refractivity contribution in [3.8, 4) is 11.5 Å². The van der Waals surface area contributed by atoms with Crippen LogP contribution in [0.1, 0.15) is 25.7 Å². The van der Waals surface area contributed by atoms with Crippen LogP contribution in [-0.2, 0) is 19.1 Å². The lowest BCUT2D eigenvalue weighted by Gasteiger charge is -2.07. The highest BCUT2D eigenvalue weighted by Gasteiger charge is 2.06. The van der Waals surface area contributed by atoms with E-state index in [1.54, 1.807) is 48.5 Å². The number of carbonyl (C=O) groups is 2. The van der Waals surface area contributed by atoms with Crippen molar-refractivity contribution in [3.63, 3.8) is 0 Å². The zero-order valence-electron chi connectivity index (χ0n) is 16.9. The molecule has 0 spiro atoms. The largest absolute Gasteiger partial charge is 0.426 e. The van der Waals surface area contributed by atoms with Crippen molar-refractivity contribution in [2.45, 2.75) is 25.7 Å². The highest BCUT2D eigenvalue weighted by molar-refractivity contribution is 5.74. The Morgan fingerprint density at radius 1 is 0.700 bits per heavy atom. The van der Waals surface area contributed by atoms with Gasteiger partial charge < -0.3 is 30.4 Å². The van der Waals surface area contributed by atoms with E-state index in [1.807, 2.05) is 0 Å². The molecule has 8 nitrogen and oxygen atoms in total. The number of anilines is 2. The number of carbonyl (C=O) groups excluding carboxylic acids is 2. The Balaban J connectivity index is 1.41. The molecule has 0 heterocycles. The fraction of sp³-hybridized carbons (Fsp3) is 0.364. The lowest BCUT2D eigenvalue weighted by molar-refractivity contribution is -0.140. The number of nitrogen functional groups attached to an aromatic ring is 2. The lowest BCUT2D eigenvalue weighted by atomic mass is 10.2. The van der Waals surface area contributed by atoms with Gasteiger partial charge in [0.05, 0.1) is 13.2 Å². The van der Waals surface area contributed by atoms with E-state index in [1.165, 1.54) is 0 Å². The molecule has 30 heavy (non-hydrogen) atoms. The van der Waals surface area contributed by atoms with Gasteiger partial charge in [0.2, 0.25) is 0 Å². The summed E-state index contributed by atoms with van der Waals surface area (Å²) in [5, 5.41) is 0. The topological polar surface area (TPSA) is 123 Å². The Kier molecular flexibility index (Phi) is 10.2. The number of nitrogens with two attached hydrogens (primary N) is 2. The third kappa shape index (κ3) is 9.90. The molecule has 162 valence electrons. The zero-order valence-corrected chi connectivity index (χ0v) is 16.9. The molecule has 0 aliphatic heterocycles. The maximum Gasteiger partial charge on any atom is 0.337 e. The van der Waals surface area contributed by atoms with Gasteiger partial charge in [0.1, 0.15) is 18.1 Å².